The molecule has 0 saturated carbocycles. The largest absolute Gasteiger partial charge is 0.478 e. The van der Waals surface area contributed by atoms with Crippen LogP contribution in [-0.2, 0) is 11.2 Å². The van der Waals surface area contributed by atoms with Crippen molar-refractivity contribution < 1.29 is 14.7 Å². The van der Waals surface area contributed by atoms with E-state index in [1.54, 1.807) is 24.3 Å². The zero-order chi connectivity index (χ0) is 22.0. The predicted octanol–water partition coefficient (Wildman–Crippen LogP) is 4.66. The van der Waals surface area contributed by atoms with Crippen LogP contribution in [0.15, 0.2) is 48.5 Å². The molecule has 1 saturated heterocycles. The van der Waals surface area contributed by atoms with E-state index in [0.29, 0.717) is 28.3 Å². The molecular weight excluding hydrogens is 390 g/mol. The maximum atomic E-state index is 12.5. The van der Waals surface area contributed by atoms with Crippen LogP contribution in [0, 0.1) is 12.8 Å². The van der Waals surface area contributed by atoms with Gasteiger partial charge in [-0.15, -0.1) is 0 Å². The number of rotatable bonds is 5. The van der Waals surface area contributed by atoms with Crippen molar-refractivity contribution in [2.75, 3.05) is 23.3 Å². The van der Waals surface area contributed by atoms with Crippen LogP contribution in [0.5, 0.6) is 0 Å². The average Bonchev–Trinajstić information content (AvgIpc) is 2.74. The van der Waals surface area contributed by atoms with Crippen LogP contribution in [0.4, 0.5) is 11.5 Å². The quantitative estimate of drug-likeness (QED) is 0.631. The molecular formula is C25H27N3O3. The Morgan fingerprint density at radius 2 is 1.94 bits per heavy atom. The number of fused-ring (bicyclic) bond motifs is 1. The summed E-state index contributed by atoms with van der Waals surface area (Å²) >= 11 is 0. The van der Waals surface area contributed by atoms with Crippen molar-refractivity contribution in [2.24, 2.45) is 5.92 Å². The van der Waals surface area contributed by atoms with Crippen LogP contribution in [0.2, 0.25) is 0 Å². The summed E-state index contributed by atoms with van der Waals surface area (Å²) in [6.45, 7) is 5.97. The molecule has 1 amide bonds. The lowest BCUT2D eigenvalue weighted by Gasteiger charge is -2.32. The number of nitrogens with zero attached hydrogens (tertiary/aromatic N) is 2. The molecule has 2 aromatic carbocycles. The molecule has 1 aromatic heterocycles. The monoisotopic (exact) mass is 417 g/mol. The molecule has 2 heterocycles. The summed E-state index contributed by atoms with van der Waals surface area (Å²) in [5, 5.41) is 13.2. The maximum absolute atomic E-state index is 12.5. The second-order valence-electron chi connectivity index (χ2n) is 8.47. The third-order valence-corrected chi connectivity index (χ3v) is 5.78. The number of carboxylic acid groups (broad SMARTS) is 1. The molecule has 1 atom stereocenters. The van der Waals surface area contributed by atoms with Crippen molar-refractivity contribution in [3.63, 3.8) is 0 Å². The highest BCUT2D eigenvalue weighted by Gasteiger charge is 2.21. The van der Waals surface area contributed by atoms with Crippen LogP contribution < -0.4 is 10.2 Å². The summed E-state index contributed by atoms with van der Waals surface area (Å²) < 4.78 is 0. The van der Waals surface area contributed by atoms with Gasteiger partial charge in [0.15, 0.2) is 0 Å². The lowest BCUT2D eigenvalue weighted by molar-refractivity contribution is -0.115. The van der Waals surface area contributed by atoms with Crippen molar-refractivity contribution in [3.8, 4) is 0 Å². The van der Waals surface area contributed by atoms with Crippen LogP contribution in [0.25, 0.3) is 10.9 Å². The second-order valence-corrected chi connectivity index (χ2v) is 8.47. The molecule has 6 heteroatoms. The molecule has 1 aliphatic rings. The number of aromatic nitrogens is 1. The Labute approximate surface area is 181 Å². The SMILES string of the molecule is Cc1ccc(CC(=O)Nc2ccc3nc(N4CCC[C@@H](C)C4)cc(C(=O)O)c3c2)cc1. The fourth-order valence-corrected chi connectivity index (χ4v) is 4.12. The fourth-order valence-electron chi connectivity index (χ4n) is 4.12. The van der Waals surface area contributed by atoms with Crippen LogP contribution >= 0.6 is 0 Å². The smallest absolute Gasteiger partial charge is 0.336 e. The molecule has 4 rings (SSSR count). The zero-order valence-electron chi connectivity index (χ0n) is 17.9. The van der Waals surface area contributed by atoms with Crippen LogP contribution in [0.1, 0.15) is 41.3 Å². The van der Waals surface area contributed by atoms with E-state index in [9.17, 15) is 14.7 Å². The average molecular weight is 418 g/mol. The fraction of sp³-hybridized carbons (Fsp3) is 0.320. The molecule has 0 spiro atoms. The standard InChI is InChI=1S/C25H27N3O3/c1-16-5-7-18(8-6-16)12-24(29)26-19-9-10-22-20(13-19)21(25(30)31)14-23(27-22)28-11-3-4-17(2)15-28/h5-10,13-14,17H,3-4,11-12,15H2,1-2H3,(H,26,29)(H,30,31)/t17-/m1/s1. The lowest BCUT2D eigenvalue weighted by atomic mass is 10.00. The Balaban J connectivity index is 1.59. The number of amides is 1. The minimum absolute atomic E-state index is 0.146. The second kappa shape index (κ2) is 8.76. The highest BCUT2D eigenvalue weighted by atomic mass is 16.4. The number of anilines is 2. The number of piperidine rings is 1. The van der Waals surface area contributed by atoms with Gasteiger partial charge in [0, 0.05) is 24.2 Å². The summed E-state index contributed by atoms with van der Waals surface area (Å²) in [5.41, 5.74) is 3.45. The summed E-state index contributed by atoms with van der Waals surface area (Å²) in [4.78, 5) is 31.3. The molecule has 1 aliphatic heterocycles. The van der Waals surface area contributed by atoms with Gasteiger partial charge in [-0.05, 0) is 55.5 Å². The van der Waals surface area contributed by atoms with E-state index in [-0.39, 0.29) is 17.9 Å². The molecule has 0 unspecified atom stereocenters. The third kappa shape index (κ3) is 4.85. The van der Waals surface area contributed by atoms with Gasteiger partial charge in [0.2, 0.25) is 5.91 Å². The number of carbonyl (C=O) groups is 2. The van der Waals surface area contributed by atoms with Gasteiger partial charge in [-0.3, -0.25) is 4.79 Å². The van der Waals surface area contributed by atoms with E-state index in [1.165, 1.54) is 6.42 Å². The zero-order valence-corrected chi connectivity index (χ0v) is 17.9. The minimum atomic E-state index is -0.998. The Morgan fingerprint density at radius 3 is 2.65 bits per heavy atom. The van der Waals surface area contributed by atoms with Crippen molar-refractivity contribution in [2.45, 2.75) is 33.1 Å². The van der Waals surface area contributed by atoms with Crippen molar-refractivity contribution in [3.05, 3.63) is 65.2 Å². The van der Waals surface area contributed by atoms with Gasteiger partial charge in [0.05, 0.1) is 17.5 Å². The molecule has 0 radical (unpaired) electrons. The van der Waals surface area contributed by atoms with E-state index in [0.717, 1.165) is 30.6 Å². The normalized spacial score (nSPS) is 16.3. The first-order valence-corrected chi connectivity index (χ1v) is 10.7. The number of pyridine rings is 1. The highest BCUT2D eigenvalue weighted by Crippen LogP contribution is 2.28. The van der Waals surface area contributed by atoms with Gasteiger partial charge in [-0.1, -0.05) is 36.8 Å². The van der Waals surface area contributed by atoms with E-state index in [1.807, 2.05) is 31.2 Å². The number of hydrogen-bond acceptors (Lipinski definition) is 4. The Kier molecular flexibility index (Phi) is 5.89. The van der Waals surface area contributed by atoms with Gasteiger partial charge in [-0.25, -0.2) is 9.78 Å². The molecule has 6 nitrogen and oxygen atoms in total. The minimum Gasteiger partial charge on any atom is -0.478 e. The number of carbonyl (C=O) groups excluding carboxylic acids is 1. The first-order valence-electron chi connectivity index (χ1n) is 10.7. The number of aromatic carboxylic acids is 1. The van der Waals surface area contributed by atoms with Crippen molar-refractivity contribution in [1.82, 2.24) is 4.98 Å². The van der Waals surface area contributed by atoms with Crippen LogP contribution in [0.3, 0.4) is 0 Å². The molecule has 3 aromatic rings. The topological polar surface area (TPSA) is 82.5 Å². The van der Waals surface area contributed by atoms with E-state index >= 15 is 0 Å². The van der Waals surface area contributed by atoms with Crippen molar-refractivity contribution in [1.29, 1.82) is 0 Å². The lowest BCUT2D eigenvalue weighted by Crippen LogP contribution is -2.35. The Morgan fingerprint density at radius 1 is 1.16 bits per heavy atom. The summed E-state index contributed by atoms with van der Waals surface area (Å²) in [6.07, 6.45) is 2.52. The molecule has 160 valence electrons. The van der Waals surface area contributed by atoms with E-state index in [4.69, 9.17) is 4.98 Å². The number of carboxylic acids is 1. The molecule has 1 fully saturated rings. The van der Waals surface area contributed by atoms with Gasteiger partial charge >= 0.3 is 5.97 Å². The number of nitrogens with one attached hydrogen (secondary N) is 1. The Bertz CT molecular complexity index is 1120. The van der Waals surface area contributed by atoms with Gasteiger partial charge < -0.3 is 15.3 Å². The Hall–Kier alpha value is -3.41. The molecule has 2 N–H and O–H groups in total. The predicted molar refractivity (Wildman–Crippen MR) is 123 cm³/mol. The van der Waals surface area contributed by atoms with Gasteiger partial charge in [-0.2, -0.15) is 0 Å². The molecule has 0 aliphatic carbocycles. The van der Waals surface area contributed by atoms with E-state index < -0.39 is 5.97 Å². The van der Waals surface area contributed by atoms with Gasteiger partial charge in [0.1, 0.15) is 5.82 Å². The number of benzene rings is 2. The maximum Gasteiger partial charge on any atom is 0.336 e. The van der Waals surface area contributed by atoms with Crippen molar-refractivity contribution >= 4 is 34.3 Å². The first kappa shape index (κ1) is 20.8. The first-order chi connectivity index (χ1) is 14.9. The number of aryl methyl sites for hydroxylation is 1. The van der Waals surface area contributed by atoms with E-state index in [2.05, 4.69) is 17.1 Å². The summed E-state index contributed by atoms with van der Waals surface area (Å²) in [7, 11) is 0. The number of hydrogen-bond donors (Lipinski definition) is 2. The summed E-state index contributed by atoms with van der Waals surface area (Å²) in [5.74, 6) is 0.118. The third-order valence-electron chi connectivity index (χ3n) is 5.78. The molecule has 31 heavy (non-hydrogen) atoms. The summed E-state index contributed by atoms with van der Waals surface area (Å²) in [6, 6.07) is 14.7. The van der Waals surface area contributed by atoms with Crippen LogP contribution in [-0.4, -0.2) is 35.1 Å². The highest BCUT2D eigenvalue weighted by molar-refractivity contribution is 6.05. The van der Waals surface area contributed by atoms with Gasteiger partial charge in [0.25, 0.3) is 0 Å². The molecule has 0 bridgehead atoms.